The van der Waals surface area contributed by atoms with Crippen molar-refractivity contribution in [1.82, 2.24) is 19.3 Å². The fourth-order valence-corrected chi connectivity index (χ4v) is 5.61. The van der Waals surface area contributed by atoms with Gasteiger partial charge in [0.05, 0.1) is 17.1 Å². The number of rotatable bonds is 7. The van der Waals surface area contributed by atoms with E-state index in [9.17, 15) is 26.4 Å². The SMILES string of the molecule is CNS(=O)(=O)c1ccc(CN2C(=O)Nc3ccc(C(=O)NCc4ccncc4)cc3S2(=O)=O)cc1. The minimum atomic E-state index is -4.29. The number of carbonyl (C=O) groups excluding carboxylic acids is 2. The molecule has 2 aromatic carbocycles. The molecule has 4 rings (SSSR count). The quantitative estimate of drug-likeness (QED) is 0.432. The number of carbonyl (C=O) groups is 2. The van der Waals surface area contributed by atoms with Crippen LogP contribution in [0.2, 0.25) is 0 Å². The average Bonchev–Trinajstić information content (AvgIpc) is 2.86. The number of benzene rings is 2. The van der Waals surface area contributed by atoms with Gasteiger partial charge in [-0.05, 0) is 60.6 Å². The molecule has 0 atom stereocenters. The summed E-state index contributed by atoms with van der Waals surface area (Å²) in [6.45, 7) is -0.0979. The molecule has 0 bridgehead atoms. The second kappa shape index (κ2) is 9.44. The Balaban J connectivity index is 1.56. The van der Waals surface area contributed by atoms with Gasteiger partial charge < -0.3 is 10.6 Å². The highest BCUT2D eigenvalue weighted by atomic mass is 32.2. The molecule has 35 heavy (non-hydrogen) atoms. The summed E-state index contributed by atoms with van der Waals surface area (Å²) >= 11 is 0. The first-order chi connectivity index (χ1) is 16.6. The largest absolute Gasteiger partial charge is 0.348 e. The maximum Gasteiger partial charge on any atom is 0.336 e. The van der Waals surface area contributed by atoms with Crippen molar-refractivity contribution in [3.8, 4) is 0 Å². The van der Waals surface area contributed by atoms with Crippen LogP contribution in [-0.4, -0.2) is 45.1 Å². The summed E-state index contributed by atoms with van der Waals surface area (Å²) < 4.78 is 53.1. The lowest BCUT2D eigenvalue weighted by Gasteiger charge is -2.29. The van der Waals surface area contributed by atoms with Gasteiger partial charge in [-0.1, -0.05) is 12.1 Å². The van der Waals surface area contributed by atoms with Gasteiger partial charge in [-0.2, -0.15) is 0 Å². The normalized spacial score (nSPS) is 14.7. The van der Waals surface area contributed by atoms with E-state index in [1.807, 2.05) is 0 Å². The summed E-state index contributed by atoms with van der Waals surface area (Å²) in [4.78, 5) is 28.9. The maximum atomic E-state index is 13.3. The molecule has 13 heteroatoms. The molecule has 1 aliphatic heterocycles. The molecule has 0 unspecified atom stereocenters. The van der Waals surface area contributed by atoms with Crippen molar-refractivity contribution < 1.29 is 26.4 Å². The fraction of sp³-hybridized carbons (Fsp3) is 0.136. The van der Waals surface area contributed by atoms with Crippen molar-refractivity contribution in [3.63, 3.8) is 0 Å². The Labute approximate surface area is 202 Å². The average molecular weight is 516 g/mol. The Morgan fingerprint density at radius 2 is 1.71 bits per heavy atom. The second-order valence-electron chi connectivity index (χ2n) is 7.54. The Bertz CT molecular complexity index is 1490. The molecule has 0 saturated heterocycles. The number of hydrogen-bond donors (Lipinski definition) is 3. The van der Waals surface area contributed by atoms with E-state index in [4.69, 9.17) is 0 Å². The minimum Gasteiger partial charge on any atom is -0.348 e. The molecule has 0 saturated carbocycles. The van der Waals surface area contributed by atoms with E-state index in [1.54, 1.807) is 24.5 Å². The first kappa shape index (κ1) is 24.3. The first-order valence-electron chi connectivity index (χ1n) is 10.3. The number of nitrogens with zero attached hydrogens (tertiary/aromatic N) is 2. The molecular formula is C22H21N5O6S2. The molecule has 3 aromatic rings. The zero-order valence-corrected chi connectivity index (χ0v) is 20.1. The summed E-state index contributed by atoms with van der Waals surface area (Å²) in [5, 5.41) is 5.23. The van der Waals surface area contributed by atoms with Crippen LogP contribution >= 0.6 is 0 Å². The Morgan fingerprint density at radius 3 is 2.37 bits per heavy atom. The molecule has 1 aliphatic rings. The van der Waals surface area contributed by atoms with Gasteiger partial charge in [-0.3, -0.25) is 9.78 Å². The van der Waals surface area contributed by atoms with Crippen LogP contribution in [-0.2, 0) is 33.1 Å². The third-order valence-corrected chi connectivity index (χ3v) is 8.51. The Hall–Kier alpha value is -3.81. The predicted octanol–water partition coefficient (Wildman–Crippen LogP) is 1.66. The number of aromatic nitrogens is 1. The number of pyridine rings is 1. The monoisotopic (exact) mass is 515 g/mol. The van der Waals surface area contributed by atoms with E-state index in [-0.39, 0.29) is 34.1 Å². The van der Waals surface area contributed by atoms with Gasteiger partial charge in [0, 0.05) is 24.5 Å². The molecule has 3 N–H and O–H groups in total. The van der Waals surface area contributed by atoms with E-state index in [2.05, 4.69) is 20.3 Å². The highest BCUT2D eigenvalue weighted by Gasteiger charge is 2.37. The van der Waals surface area contributed by atoms with Crippen molar-refractivity contribution in [2.45, 2.75) is 22.9 Å². The second-order valence-corrected chi connectivity index (χ2v) is 11.3. The fourth-order valence-electron chi connectivity index (χ4n) is 3.39. The lowest BCUT2D eigenvalue weighted by atomic mass is 10.2. The van der Waals surface area contributed by atoms with Gasteiger partial charge in [0.25, 0.3) is 15.9 Å². The van der Waals surface area contributed by atoms with Crippen LogP contribution in [0, 0.1) is 0 Å². The molecule has 0 aliphatic carbocycles. The first-order valence-corrected chi connectivity index (χ1v) is 13.2. The smallest absolute Gasteiger partial charge is 0.336 e. The van der Waals surface area contributed by atoms with Crippen molar-refractivity contribution in [3.05, 3.63) is 83.7 Å². The zero-order valence-electron chi connectivity index (χ0n) is 18.4. The van der Waals surface area contributed by atoms with Gasteiger partial charge in [0.1, 0.15) is 4.90 Å². The molecule has 1 aromatic heterocycles. The van der Waals surface area contributed by atoms with Crippen molar-refractivity contribution in [2.24, 2.45) is 0 Å². The van der Waals surface area contributed by atoms with Gasteiger partial charge in [-0.25, -0.2) is 30.7 Å². The molecule has 11 nitrogen and oxygen atoms in total. The van der Waals surface area contributed by atoms with Crippen LogP contribution in [0.3, 0.4) is 0 Å². The van der Waals surface area contributed by atoms with Crippen LogP contribution < -0.4 is 15.4 Å². The van der Waals surface area contributed by atoms with Crippen LogP contribution in [0.15, 0.2) is 76.8 Å². The van der Waals surface area contributed by atoms with Crippen LogP contribution in [0.1, 0.15) is 21.5 Å². The lowest BCUT2D eigenvalue weighted by molar-refractivity contribution is 0.0950. The van der Waals surface area contributed by atoms with Crippen molar-refractivity contribution >= 4 is 37.7 Å². The topological polar surface area (TPSA) is 155 Å². The highest BCUT2D eigenvalue weighted by molar-refractivity contribution is 7.90. The molecule has 0 spiro atoms. The minimum absolute atomic E-state index is 0.00229. The van der Waals surface area contributed by atoms with Gasteiger partial charge >= 0.3 is 6.03 Å². The third kappa shape index (κ3) is 5.01. The summed E-state index contributed by atoms with van der Waals surface area (Å²) in [6.07, 6.45) is 3.19. The Kier molecular flexibility index (Phi) is 6.56. The third-order valence-electron chi connectivity index (χ3n) is 5.31. The van der Waals surface area contributed by atoms with Crippen LogP contribution in [0.5, 0.6) is 0 Å². The van der Waals surface area contributed by atoms with Crippen LogP contribution in [0.4, 0.5) is 10.5 Å². The molecule has 0 fully saturated rings. The predicted molar refractivity (Wildman–Crippen MR) is 126 cm³/mol. The molecule has 0 radical (unpaired) electrons. The van der Waals surface area contributed by atoms with Crippen molar-refractivity contribution in [2.75, 3.05) is 12.4 Å². The molecule has 2 heterocycles. The summed E-state index contributed by atoms with van der Waals surface area (Å²) in [7, 11) is -6.68. The number of sulfonamides is 2. The number of fused-ring (bicyclic) bond motifs is 1. The van der Waals surface area contributed by atoms with E-state index in [1.165, 1.54) is 49.5 Å². The summed E-state index contributed by atoms with van der Waals surface area (Å²) in [6, 6.07) is 12.1. The number of hydrogen-bond acceptors (Lipinski definition) is 7. The zero-order chi connectivity index (χ0) is 25.2. The van der Waals surface area contributed by atoms with Gasteiger partial charge in [0.15, 0.2) is 0 Å². The maximum absolute atomic E-state index is 13.3. The number of nitrogens with one attached hydrogen (secondary N) is 3. The van der Waals surface area contributed by atoms with Gasteiger partial charge in [0.2, 0.25) is 10.0 Å². The van der Waals surface area contributed by atoms with E-state index >= 15 is 0 Å². The lowest BCUT2D eigenvalue weighted by Crippen LogP contribution is -2.43. The molecule has 3 amide bonds. The molecular weight excluding hydrogens is 494 g/mol. The Morgan fingerprint density at radius 1 is 1.03 bits per heavy atom. The van der Waals surface area contributed by atoms with E-state index in [0.717, 1.165) is 5.56 Å². The number of amides is 3. The number of urea groups is 1. The standard InChI is InChI=1S/C22H21N5O6S2/c1-23-34(30,31)18-5-2-16(3-6-18)14-27-22(29)26-19-7-4-17(12-20(19)35(27,32)33)21(28)25-13-15-8-10-24-11-9-15/h2-12,23H,13-14H2,1H3,(H,25,28)(H,26,29). The van der Waals surface area contributed by atoms with Gasteiger partial charge in [-0.15, -0.1) is 0 Å². The summed E-state index contributed by atoms with van der Waals surface area (Å²) in [5.74, 6) is -0.482. The summed E-state index contributed by atoms with van der Waals surface area (Å²) in [5.41, 5.74) is 1.39. The molecule has 182 valence electrons. The van der Waals surface area contributed by atoms with E-state index in [0.29, 0.717) is 9.87 Å². The highest BCUT2D eigenvalue weighted by Crippen LogP contribution is 2.32. The van der Waals surface area contributed by atoms with E-state index < -0.39 is 32.0 Å². The van der Waals surface area contributed by atoms with Crippen molar-refractivity contribution in [1.29, 1.82) is 0 Å². The number of anilines is 1. The van der Waals surface area contributed by atoms with Crippen LogP contribution in [0.25, 0.3) is 0 Å².